The Kier molecular flexibility index (Phi) is 5.32. The van der Waals surface area contributed by atoms with E-state index in [4.69, 9.17) is 0 Å². The third kappa shape index (κ3) is 3.80. The molecule has 1 heterocycles. The first-order valence-corrected chi connectivity index (χ1v) is 8.42. The molecule has 0 amide bonds. The first-order valence-electron chi connectivity index (χ1n) is 6.53. The Morgan fingerprint density at radius 3 is 2.39 bits per heavy atom. The molecule has 0 aliphatic rings. The maximum atomic E-state index is 11.7. The quantitative estimate of drug-likeness (QED) is 0.745. The summed E-state index contributed by atoms with van der Waals surface area (Å²) in [4.78, 5) is 4.60. The average Bonchev–Trinajstić information content (AvgIpc) is 2.26. The molecule has 0 bridgehead atoms. The fourth-order valence-corrected chi connectivity index (χ4v) is 3.14. The topological polar surface area (TPSA) is 47.0 Å². The fourth-order valence-electron chi connectivity index (χ4n) is 2.22. The Bertz CT molecular complexity index is 507. The zero-order valence-corrected chi connectivity index (χ0v) is 12.6. The van der Waals surface area contributed by atoms with E-state index in [9.17, 15) is 8.42 Å². The van der Waals surface area contributed by atoms with Gasteiger partial charge < -0.3 is 0 Å². The third-order valence-electron chi connectivity index (χ3n) is 3.31. The number of rotatable bonds is 6. The van der Waals surface area contributed by atoms with E-state index in [2.05, 4.69) is 11.9 Å². The summed E-state index contributed by atoms with van der Waals surface area (Å²) in [6.07, 6.45) is 8.39. The molecule has 0 saturated carbocycles. The van der Waals surface area contributed by atoms with Gasteiger partial charge in [0.25, 0.3) is 0 Å². The maximum Gasteiger partial charge on any atom is 0.177 e. The second-order valence-corrected chi connectivity index (χ2v) is 6.88. The van der Waals surface area contributed by atoms with E-state index < -0.39 is 9.84 Å². The van der Waals surface area contributed by atoms with Gasteiger partial charge in [-0.2, -0.15) is 0 Å². The van der Waals surface area contributed by atoms with Gasteiger partial charge in [0.15, 0.2) is 9.84 Å². The maximum absolute atomic E-state index is 11.7. The van der Waals surface area contributed by atoms with Crippen LogP contribution >= 0.6 is 0 Å². The van der Waals surface area contributed by atoms with Crippen LogP contribution in [0, 0.1) is 13.8 Å². The zero-order chi connectivity index (χ0) is 13.8. The van der Waals surface area contributed by atoms with E-state index in [1.807, 2.05) is 13.8 Å². The predicted octanol–water partition coefficient (Wildman–Crippen LogP) is 3.22. The molecule has 0 aliphatic heterocycles. The number of aromatic nitrogens is 1. The van der Waals surface area contributed by atoms with E-state index >= 15 is 0 Å². The van der Waals surface area contributed by atoms with Crippen molar-refractivity contribution in [1.29, 1.82) is 0 Å². The average molecular weight is 269 g/mol. The number of aryl methyl sites for hydroxylation is 1. The minimum absolute atomic E-state index is 0.374. The molecule has 0 saturated heterocycles. The van der Waals surface area contributed by atoms with Crippen LogP contribution in [0.5, 0.6) is 0 Å². The standard InChI is InChI=1S/C14H23NO2S/c1-5-6-7-8-9-13-11(2)14(18(4,16)17)10-15-12(13)3/h10H,5-9H2,1-4H3. The number of hydrogen-bond acceptors (Lipinski definition) is 3. The monoisotopic (exact) mass is 269 g/mol. The number of hydrogen-bond donors (Lipinski definition) is 0. The molecule has 18 heavy (non-hydrogen) atoms. The second kappa shape index (κ2) is 6.32. The van der Waals surface area contributed by atoms with Gasteiger partial charge in [-0.1, -0.05) is 26.2 Å². The van der Waals surface area contributed by atoms with Crippen molar-refractivity contribution < 1.29 is 8.42 Å². The van der Waals surface area contributed by atoms with Crippen molar-refractivity contribution in [1.82, 2.24) is 4.98 Å². The van der Waals surface area contributed by atoms with Gasteiger partial charge in [-0.25, -0.2) is 8.42 Å². The van der Waals surface area contributed by atoms with E-state index in [0.29, 0.717) is 4.90 Å². The van der Waals surface area contributed by atoms with Crippen LogP contribution in [0.1, 0.15) is 49.4 Å². The van der Waals surface area contributed by atoms with Crippen molar-refractivity contribution in [2.45, 2.75) is 57.8 Å². The van der Waals surface area contributed by atoms with Crippen LogP contribution < -0.4 is 0 Å². The Morgan fingerprint density at radius 1 is 1.17 bits per heavy atom. The van der Waals surface area contributed by atoms with Gasteiger partial charge in [-0.05, 0) is 37.8 Å². The van der Waals surface area contributed by atoms with E-state index in [1.165, 1.54) is 31.7 Å². The molecule has 0 atom stereocenters. The van der Waals surface area contributed by atoms with E-state index in [0.717, 1.165) is 29.7 Å². The lowest BCUT2D eigenvalue weighted by atomic mass is 10.0. The van der Waals surface area contributed by atoms with Crippen LogP contribution in [0.25, 0.3) is 0 Å². The van der Waals surface area contributed by atoms with Crippen molar-refractivity contribution in [3.8, 4) is 0 Å². The largest absolute Gasteiger partial charge is 0.260 e. The number of nitrogens with zero attached hydrogens (tertiary/aromatic N) is 1. The smallest absolute Gasteiger partial charge is 0.177 e. The Balaban J connectivity index is 2.97. The van der Waals surface area contributed by atoms with Crippen molar-refractivity contribution in [2.24, 2.45) is 0 Å². The minimum Gasteiger partial charge on any atom is -0.260 e. The number of sulfone groups is 1. The molecule has 0 aromatic carbocycles. The second-order valence-electron chi connectivity index (χ2n) is 4.89. The normalized spacial score (nSPS) is 11.8. The highest BCUT2D eigenvalue weighted by molar-refractivity contribution is 7.90. The van der Waals surface area contributed by atoms with Gasteiger partial charge in [0, 0.05) is 18.1 Å². The Hall–Kier alpha value is -0.900. The molecule has 0 spiro atoms. The van der Waals surface area contributed by atoms with Gasteiger partial charge in [0.2, 0.25) is 0 Å². The van der Waals surface area contributed by atoms with Gasteiger partial charge >= 0.3 is 0 Å². The SMILES string of the molecule is CCCCCCc1c(C)ncc(S(C)(=O)=O)c1C. The number of unbranched alkanes of at least 4 members (excludes halogenated alkanes) is 3. The Labute approximate surface area is 111 Å². The first kappa shape index (κ1) is 15.2. The Morgan fingerprint density at radius 2 is 1.83 bits per heavy atom. The highest BCUT2D eigenvalue weighted by atomic mass is 32.2. The molecule has 3 nitrogen and oxygen atoms in total. The molecule has 0 unspecified atom stereocenters. The van der Waals surface area contributed by atoms with Crippen LogP contribution in [0.2, 0.25) is 0 Å². The molecule has 0 fully saturated rings. The van der Waals surface area contributed by atoms with Crippen molar-refractivity contribution >= 4 is 9.84 Å². The molecular weight excluding hydrogens is 246 g/mol. The molecule has 4 heteroatoms. The molecule has 0 radical (unpaired) electrons. The highest BCUT2D eigenvalue weighted by Gasteiger charge is 2.15. The van der Waals surface area contributed by atoms with Crippen molar-refractivity contribution in [3.05, 3.63) is 23.0 Å². The highest BCUT2D eigenvalue weighted by Crippen LogP contribution is 2.22. The van der Waals surface area contributed by atoms with Crippen LogP contribution in [0.4, 0.5) is 0 Å². The van der Waals surface area contributed by atoms with Gasteiger partial charge in [0.05, 0.1) is 4.90 Å². The summed E-state index contributed by atoms with van der Waals surface area (Å²) in [6, 6.07) is 0. The van der Waals surface area contributed by atoms with Gasteiger partial charge in [-0.15, -0.1) is 0 Å². The molecule has 0 aliphatic carbocycles. The lowest BCUT2D eigenvalue weighted by Gasteiger charge is -2.12. The summed E-state index contributed by atoms with van der Waals surface area (Å²) >= 11 is 0. The van der Waals surface area contributed by atoms with Gasteiger partial charge in [-0.3, -0.25) is 4.98 Å². The van der Waals surface area contributed by atoms with Crippen LogP contribution in [0.15, 0.2) is 11.1 Å². The lowest BCUT2D eigenvalue weighted by molar-refractivity contribution is 0.600. The van der Waals surface area contributed by atoms with Crippen LogP contribution in [-0.2, 0) is 16.3 Å². The number of pyridine rings is 1. The molecule has 0 N–H and O–H groups in total. The summed E-state index contributed by atoms with van der Waals surface area (Å²) in [5.74, 6) is 0. The third-order valence-corrected chi connectivity index (χ3v) is 4.52. The minimum atomic E-state index is -3.17. The summed E-state index contributed by atoms with van der Waals surface area (Å²) in [5, 5.41) is 0. The van der Waals surface area contributed by atoms with E-state index in [1.54, 1.807) is 0 Å². The molecule has 1 aromatic heterocycles. The van der Waals surface area contributed by atoms with Crippen LogP contribution in [-0.4, -0.2) is 19.7 Å². The zero-order valence-electron chi connectivity index (χ0n) is 11.8. The first-order chi connectivity index (χ1) is 8.38. The van der Waals surface area contributed by atoms with Crippen LogP contribution in [0.3, 0.4) is 0 Å². The molecule has 102 valence electrons. The summed E-state index contributed by atoms with van der Waals surface area (Å²) in [5.41, 5.74) is 2.94. The molecule has 1 aromatic rings. The van der Waals surface area contributed by atoms with Crippen molar-refractivity contribution in [2.75, 3.05) is 6.26 Å². The lowest BCUT2D eigenvalue weighted by Crippen LogP contribution is -2.06. The fraction of sp³-hybridized carbons (Fsp3) is 0.643. The summed E-state index contributed by atoms with van der Waals surface area (Å²) < 4.78 is 23.3. The summed E-state index contributed by atoms with van der Waals surface area (Å²) in [6.45, 7) is 6.02. The van der Waals surface area contributed by atoms with Gasteiger partial charge in [0.1, 0.15) is 0 Å². The predicted molar refractivity (Wildman–Crippen MR) is 74.7 cm³/mol. The van der Waals surface area contributed by atoms with E-state index in [-0.39, 0.29) is 0 Å². The molecule has 1 rings (SSSR count). The molecular formula is C14H23NO2S. The van der Waals surface area contributed by atoms with Crippen molar-refractivity contribution in [3.63, 3.8) is 0 Å². The summed E-state index contributed by atoms with van der Waals surface area (Å²) in [7, 11) is -3.17.